The van der Waals surface area contributed by atoms with E-state index in [1.807, 2.05) is 0 Å². The number of benzene rings is 1. The Bertz CT molecular complexity index is 614. The number of nitro groups is 1. The van der Waals surface area contributed by atoms with E-state index in [0.717, 1.165) is 6.07 Å². The third-order valence-corrected chi connectivity index (χ3v) is 5.06. The molecule has 1 aliphatic rings. The average Bonchev–Trinajstić information content (AvgIpc) is 2.76. The summed E-state index contributed by atoms with van der Waals surface area (Å²) in [6.45, 7) is 2.18. The van der Waals surface area contributed by atoms with E-state index in [2.05, 4.69) is 0 Å². The number of nitro benzene ring substituents is 1. The van der Waals surface area contributed by atoms with Crippen LogP contribution in [0.4, 0.5) is 5.69 Å². The largest absolute Gasteiger partial charge is 0.326 e. The standard InChI is InChI=1S/C11H15N3O4S/c1-8-2-3-10(6-11(8)14(15)16)19(17,18)13-5-4-9(12)7-13/h2-3,6,9H,4-5,7,12H2,1H3/t9-/m0/s1. The van der Waals surface area contributed by atoms with Gasteiger partial charge in [0.2, 0.25) is 10.0 Å². The molecule has 0 amide bonds. The number of sulfonamides is 1. The summed E-state index contributed by atoms with van der Waals surface area (Å²) in [6, 6.07) is 3.77. The molecule has 0 saturated carbocycles. The van der Waals surface area contributed by atoms with Gasteiger partial charge in [0, 0.05) is 30.8 Å². The van der Waals surface area contributed by atoms with Crippen molar-refractivity contribution in [1.29, 1.82) is 0 Å². The SMILES string of the molecule is Cc1ccc(S(=O)(=O)N2CC[C@H](N)C2)cc1[N+](=O)[O-]. The van der Waals surface area contributed by atoms with Gasteiger partial charge in [0.1, 0.15) is 0 Å². The first-order valence-electron chi connectivity index (χ1n) is 5.83. The summed E-state index contributed by atoms with van der Waals surface area (Å²) in [4.78, 5) is 10.2. The van der Waals surface area contributed by atoms with Crippen LogP contribution in [0.15, 0.2) is 23.1 Å². The van der Waals surface area contributed by atoms with Crippen LogP contribution >= 0.6 is 0 Å². The van der Waals surface area contributed by atoms with Crippen LogP contribution in [0.25, 0.3) is 0 Å². The molecule has 0 aliphatic carbocycles. The third-order valence-electron chi connectivity index (χ3n) is 3.20. The second-order valence-electron chi connectivity index (χ2n) is 4.62. The van der Waals surface area contributed by atoms with Crippen molar-refractivity contribution in [3.8, 4) is 0 Å². The molecular formula is C11H15N3O4S. The number of nitrogens with two attached hydrogens (primary N) is 1. The van der Waals surface area contributed by atoms with Crippen molar-refractivity contribution >= 4 is 15.7 Å². The molecule has 1 aliphatic heterocycles. The Kier molecular flexibility index (Phi) is 3.57. The lowest BCUT2D eigenvalue weighted by Gasteiger charge is -2.15. The highest BCUT2D eigenvalue weighted by molar-refractivity contribution is 7.89. The molecule has 2 rings (SSSR count). The minimum atomic E-state index is -3.70. The topological polar surface area (TPSA) is 107 Å². The van der Waals surface area contributed by atoms with Gasteiger partial charge in [0.25, 0.3) is 5.69 Å². The number of rotatable bonds is 3. The molecule has 104 valence electrons. The molecule has 2 N–H and O–H groups in total. The molecule has 8 heteroatoms. The van der Waals surface area contributed by atoms with E-state index in [1.165, 1.54) is 16.4 Å². The molecule has 0 radical (unpaired) electrons. The minimum absolute atomic E-state index is 0.0566. The van der Waals surface area contributed by atoms with Gasteiger partial charge in [-0.3, -0.25) is 10.1 Å². The van der Waals surface area contributed by atoms with Crippen molar-refractivity contribution in [2.45, 2.75) is 24.3 Å². The Morgan fingerprint density at radius 3 is 2.68 bits per heavy atom. The van der Waals surface area contributed by atoms with Crippen LogP contribution in [0.2, 0.25) is 0 Å². The monoisotopic (exact) mass is 285 g/mol. The van der Waals surface area contributed by atoms with E-state index in [-0.39, 0.29) is 23.2 Å². The molecule has 0 aromatic heterocycles. The van der Waals surface area contributed by atoms with E-state index >= 15 is 0 Å². The van der Waals surface area contributed by atoms with Gasteiger partial charge in [-0.15, -0.1) is 0 Å². The molecule has 19 heavy (non-hydrogen) atoms. The Morgan fingerprint density at radius 2 is 2.16 bits per heavy atom. The normalized spacial score (nSPS) is 20.6. The van der Waals surface area contributed by atoms with Gasteiger partial charge >= 0.3 is 0 Å². The fraction of sp³-hybridized carbons (Fsp3) is 0.455. The van der Waals surface area contributed by atoms with E-state index in [9.17, 15) is 18.5 Å². The van der Waals surface area contributed by atoms with Crippen LogP contribution in [0, 0.1) is 17.0 Å². The van der Waals surface area contributed by atoms with Crippen molar-refractivity contribution in [2.24, 2.45) is 5.73 Å². The highest BCUT2D eigenvalue weighted by Gasteiger charge is 2.32. The van der Waals surface area contributed by atoms with Gasteiger partial charge in [0.05, 0.1) is 9.82 Å². The van der Waals surface area contributed by atoms with E-state index in [4.69, 9.17) is 5.73 Å². The lowest BCUT2D eigenvalue weighted by molar-refractivity contribution is -0.385. The first-order chi connectivity index (χ1) is 8.82. The zero-order valence-corrected chi connectivity index (χ0v) is 11.3. The summed E-state index contributed by atoms with van der Waals surface area (Å²) in [5, 5.41) is 10.9. The van der Waals surface area contributed by atoms with Crippen molar-refractivity contribution in [3.05, 3.63) is 33.9 Å². The van der Waals surface area contributed by atoms with Crippen LogP contribution in [-0.4, -0.2) is 36.8 Å². The summed E-state index contributed by atoms with van der Waals surface area (Å²) in [7, 11) is -3.70. The molecule has 1 atom stereocenters. The first-order valence-corrected chi connectivity index (χ1v) is 7.27. The van der Waals surface area contributed by atoms with Crippen LogP contribution < -0.4 is 5.73 Å². The van der Waals surface area contributed by atoms with Gasteiger partial charge in [-0.2, -0.15) is 4.31 Å². The maximum Gasteiger partial charge on any atom is 0.273 e. The fourth-order valence-corrected chi connectivity index (χ4v) is 3.60. The molecule has 1 saturated heterocycles. The number of nitrogens with zero attached hydrogens (tertiary/aromatic N) is 2. The second-order valence-corrected chi connectivity index (χ2v) is 6.56. The summed E-state index contributed by atoms with van der Waals surface area (Å²) < 4.78 is 25.9. The molecule has 1 heterocycles. The fourth-order valence-electron chi connectivity index (χ4n) is 2.07. The highest BCUT2D eigenvalue weighted by atomic mass is 32.2. The average molecular weight is 285 g/mol. The van der Waals surface area contributed by atoms with Gasteiger partial charge in [-0.05, 0) is 19.4 Å². The van der Waals surface area contributed by atoms with Crippen LogP contribution in [0.3, 0.4) is 0 Å². The van der Waals surface area contributed by atoms with Crippen LogP contribution in [0.5, 0.6) is 0 Å². The number of hydrogen-bond donors (Lipinski definition) is 1. The molecule has 1 aromatic rings. The molecule has 0 bridgehead atoms. The summed E-state index contributed by atoms with van der Waals surface area (Å²) in [6.07, 6.45) is 0.604. The maximum absolute atomic E-state index is 12.3. The second kappa shape index (κ2) is 4.87. The zero-order chi connectivity index (χ0) is 14.2. The summed E-state index contributed by atoms with van der Waals surface area (Å²) in [5.74, 6) is 0. The molecule has 1 fully saturated rings. The van der Waals surface area contributed by atoms with Gasteiger partial charge in [-0.1, -0.05) is 6.07 Å². The predicted octanol–water partition coefficient (Wildman–Crippen LogP) is 0.625. The molecule has 0 unspecified atom stereocenters. The Hall–Kier alpha value is -1.51. The van der Waals surface area contributed by atoms with Crippen molar-refractivity contribution < 1.29 is 13.3 Å². The molecular weight excluding hydrogens is 270 g/mol. The number of aryl methyl sites for hydroxylation is 1. The first kappa shape index (κ1) is 13.9. The van der Waals surface area contributed by atoms with Crippen molar-refractivity contribution in [3.63, 3.8) is 0 Å². The minimum Gasteiger partial charge on any atom is -0.326 e. The van der Waals surface area contributed by atoms with E-state index in [1.54, 1.807) is 6.92 Å². The maximum atomic E-state index is 12.3. The van der Waals surface area contributed by atoms with E-state index in [0.29, 0.717) is 18.5 Å². The van der Waals surface area contributed by atoms with Gasteiger partial charge in [0.15, 0.2) is 0 Å². The Balaban J connectivity index is 2.41. The molecule has 7 nitrogen and oxygen atoms in total. The van der Waals surface area contributed by atoms with Gasteiger partial charge < -0.3 is 5.73 Å². The van der Waals surface area contributed by atoms with Crippen LogP contribution in [0.1, 0.15) is 12.0 Å². The lowest BCUT2D eigenvalue weighted by Crippen LogP contribution is -2.32. The summed E-state index contributed by atoms with van der Waals surface area (Å²) in [5.41, 5.74) is 5.93. The number of hydrogen-bond acceptors (Lipinski definition) is 5. The predicted molar refractivity (Wildman–Crippen MR) is 69.2 cm³/mol. The smallest absolute Gasteiger partial charge is 0.273 e. The van der Waals surface area contributed by atoms with Crippen molar-refractivity contribution in [1.82, 2.24) is 4.31 Å². The van der Waals surface area contributed by atoms with E-state index < -0.39 is 14.9 Å². The Labute approximate surface area is 111 Å². The van der Waals surface area contributed by atoms with Gasteiger partial charge in [-0.25, -0.2) is 8.42 Å². The van der Waals surface area contributed by atoms with Crippen LogP contribution in [-0.2, 0) is 10.0 Å². The lowest BCUT2D eigenvalue weighted by atomic mass is 10.2. The Morgan fingerprint density at radius 1 is 1.47 bits per heavy atom. The highest BCUT2D eigenvalue weighted by Crippen LogP contribution is 2.26. The van der Waals surface area contributed by atoms with Crippen molar-refractivity contribution in [2.75, 3.05) is 13.1 Å². The third kappa shape index (κ3) is 2.60. The quantitative estimate of drug-likeness (QED) is 0.647. The zero-order valence-electron chi connectivity index (χ0n) is 10.4. The molecule has 1 aromatic carbocycles. The summed E-state index contributed by atoms with van der Waals surface area (Å²) >= 11 is 0. The molecule has 0 spiro atoms.